The topological polar surface area (TPSA) is 108 Å². The summed E-state index contributed by atoms with van der Waals surface area (Å²) in [5.41, 5.74) is 0.154. The molecule has 3 aliphatic heterocycles. The molecule has 1 spiro atoms. The number of anilines is 1. The van der Waals surface area contributed by atoms with Gasteiger partial charge in [0.25, 0.3) is 0 Å². The number of ether oxygens (including phenoxy) is 1. The fourth-order valence-electron chi connectivity index (χ4n) is 6.50. The summed E-state index contributed by atoms with van der Waals surface area (Å²) in [5.74, 6) is -1.19. The molecule has 204 valence electrons. The van der Waals surface area contributed by atoms with Crippen LogP contribution in [0.5, 0.6) is 5.75 Å². The Hall–Kier alpha value is -2.26. The van der Waals surface area contributed by atoms with Crippen LogP contribution >= 0.6 is 11.8 Å². The van der Waals surface area contributed by atoms with Crippen molar-refractivity contribution in [3.05, 3.63) is 24.3 Å². The van der Waals surface area contributed by atoms with Crippen LogP contribution < -0.4 is 15.4 Å². The molecule has 1 aromatic carbocycles. The maximum Gasteiger partial charge on any atom is 0.244 e. The summed E-state index contributed by atoms with van der Waals surface area (Å²) in [6.07, 6.45) is 1.41. The van der Waals surface area contributed by atoms with Crippen LogP contribution in [0.4, 0.5) is 5.69 Å². The number of fused-ring (bicyclic) bond motifs is 1. The van der Waals surface area contributed by atoms with Crippen LogP contribution in [-0.2, 0) is 14.4 Å². The highest BCUT2D eigenvalue weighted by molar-refractivity contribution is 8.02. The lowest BCUT2D eigenvalue weighted by Crippen LogP contribution is -2.60. The van der Waals surface area contributed by atoms with Gasteiger partial charge in [0, 0.05) is 16.0 Å². The van der Waals surface area contributed by atoms with Gasteiger partial charge in [-0.3, -0.25) is 14.4 Å². The molecule has 3 heterocycles. The number of carbonyl (C=O) groups excluding carboxylic acids is 3. The quantitative estimate of drug-likeness (QED) is 0.474. The Balaban J connectivity index is 1.71. The second kappa shape index (κ2) is 9.80. The molecule has 3 aliphatic rings. The predicted octanol–water partition coefficient (Wildman–Crippen LogP) is 3.44. The van der Waals surface area contributed by atoms with Crippen LogP contribution in [0.25, 0.3) is 0 Å². The van der Waals surface area contributed by atoms with E-state index in [0.717, 1.165) is 12.2 Å². The van der Waals surface area contributed by atoms with E-state index in [9.17, 15) is 19.5 Å². The van der Waals surface area contributed by atoms with Crippen molar-refractivity contribution in [1.82, 2.24) is 10.2 Å². The Morgan fingerprint density at radius 1 is 1.19 bits per heavy atom. The number of thioether (sulfide) groups is 1. The van der Waals surface area contributed by atoms with Crippen LogP contribution in [0.1, 0.15) is 61.3 Å². The van der Waals surface area contributed by atoms with Crippen molar-refractivity contribution in [1.29, 1.82) is 0 Å². The molecule has 6 atom stereocenters. The first-order valence-corrected chi connectivity index (χ1v) is 14.1. The summed E-state index contributed by atoms with van der Waals surface area (Å²) >= 11 is 1.63. The number of rotatable bonds is 8. The number of aliphatic hydroxyl groups excluding tert-OH is 1. The van der Waals surface area contributed by atoms with E-state index in [4.69, 9.17) is 4.74 Å². The smallest absolute Gasteiger partial charge is 0.244 e. The lowest BCUT2D eigenvalue weighted by Gasteiger charge is -2.39. The number of carbonyl (C=O) groups is 3. The Morgan fingerprint density at radius 3 is 2.38 bits per heavy atom. The first kappa shape index (κ1) is 27.8. The van der Waals surface area contributed by atoms with Gasteiger partial charge >= 0.3 is 0 Å². The molecule has 3 saturated heterocycles. The normalized spacial score (nSPS) is 31.4. The molecule has 2 unspecified atom stereocenters. The second-order valence-electron chi connectivity index (χ2n) is 12.2. The fraction of sp³-hybridized carbons (Fsp3) is 0.679. The summed E-state index contributed by atoms with van der Waals surface area (Å²) in [6.45, 7) is 13.9. The average molecular weight is 532 g/mol. The Bertz CT molecular complexity index is 1050. The Kier molecular flexibility index (Phi) is 7.36. The molecule has 3 N–H and O–H groups in total. The molecule has 2 bridgehead atoms. The van der Waals surface area contributed by atoms with Gasteiger partial charge in [-0.25, -0.2) is 0 Å². The number of benzene rings is 1. The standard InChI is InChI=1S/C28H41N3O5S/c1-8-36-18-11-9-17(10-12-18)29-23(33)20-21-25(35)31(19(15-32)16(2)3)22(24(34)30-26(4,5)6)28(21)14-13-27(20,7)37-28/h9-12,16,19-22,32H,8,13-15H2,1-7H3,(H,29,33)(H,30,34)/t19-,20+,21-,22?,27-,28?/m0/s1. The van der Waals surface area contributed by atoms with Crippen molar-refractivity contribution < 1.29 is 24.2 Å². The summed E-state index contributed by atoms with van der Waals surface area (Å²) in [7, 11) is 0. The molecule has 9 heteroatoms. The summed E-state index contributed by atoms with van der Waals surface area (Å²) in [4.78, 5) is 43.5. The van der Waals surface area contributed by atoms with Gasteiger partial charge in [-0.1, -0.05) is 13.8 Å². The molecular formula is C28H41N3O5S. The molecule has 0 radical (unpaired) electrons. The third-order valence-electron chi connectivity index (χ3n) is 7.99. The van der Waals surface area contributed by atoms with Crippen molar-refractivity contribution in [3.8, 4) is 5.75 Å². The minimum atomic E-state index is -0.751. The highest BCUT2D eigenvalue weighted by Gasteiger charge is 2.77. The number of nitrogens with one attached hydrogen (secondary N) is 2. The predicted molar refractivity (Wildman–Crippen MR) is 145 cm³/mol. The molecule has 1 aromatic rings. The van der Waals surface area contributed by atoms with E-state index in [-0.39, 0.29) is 30.2 Å². The third-order valence-corrected chi connectivity index (χ3v) is 9.98. The second-order valence-corrected chi connectivity index (χ2v) is 14.0. The molecule has 37 heavy (non-hydrogen) atoms. The third kappa shape index (κ3) is 4.73. The van der Waals surface area contributed by atoms with Gasteiger partial charge < -0.3 is 25.4 Å². The zero-order chi connectivity index (χ0) is 27.3. The molecule has 4 rings (SSSR count). The molecule has 0 saturated carbocycles. The summed E-state index contributed by atoms with van der Waals surface area (Å²) in [5, 5.41) is 16.4. The lowest BCUT2D eigenvalue weighted by molar-refractivity contribution is -0.143. The zero-order valence-corrected chi connectivity index (χ0v) is 23.8. The van der Waals surface area contributed by atoms with Crippen molar-refractivity contribution >= 4 is 35.2 Å². The van der Waals surface area contributed by atoms with E-state index in [1.54, 1.807) is 28.8 Å². The molecule has 0 aromatic heterocycles. The lowest BCUT2D eigenvalue weighted by atomic mass is 9.66. The Labute approximate surface area is 224 Å². The maximum atomic E-state index is 14.2. The fourth-order valence-corrected chi connectivity index (χ4v) is 8.84. The summed E-state index contributed by atoms with van der Waals surface area (Å²) < 4.78 is 4.32. The Morgan fingerprint density at radius 2 is 1.84 bits per heavy atom. The van der Waals surface area contributed by atoms with E-state index >= 15 is 0 Å². The van der Waals surface area contributed by atoms with Gasteiger partial charge in [-0.15, -0.1) is 11.8 Å². The van der Waals surface area contributed by atoms with Crippen LogP contribution in [-0.4, -0.2) is 68.1 Å². The number of nitrogens with zero attached hydrogens (tertiary/aromatic N) is 1. The number of likely N-dealkylation sites (tertiary alicyclic amines) is 1. The molecule has 3 fully saturated rings. The maximum absolute atomic E-state index is 14.2. The minimum absolute atomic E-state index is 0.0527. The van der Waals surface area contributed by atoms with Crippen molar-refractivity contribution in [2.75, 3.05) is 18.5 Å². The van der Waals surface area contributed by atoms with Crippen LogP contribution in [0.15, 0.2) is 24.3 Å². The van der Waals surface area contributed by atoms with Crippen LogP contribution in [0.3, 0.4) is 0 Å². The van der Waals surface area contributed by atoms with Crippen molar-refractivity contribution in [3.63, 3.8) is 0 Å². The highest BCUT2D eigenvalue weighted by Crippen LogP contribution is 2.71. The number of amides is 3. The monoisotopic (exact) mass is 531 g/mol. The summed E-state index contributed by atoms with van der Waals surface area (Å²) in [6, 6.07) is 5.95. The largest absolute Gasteiger partial charge is 0.494 e. The zero-order valence-electron chi connectivity index (χ0n) is 23.0. The van der Waals surface area contributed by atoms with Gasteiger partial charge in [0.2, 0.25) is 17.7 Å². The van der Waals surface area contributed by atoms with E-state index in [2.05, 4.69) is 17.6 Å². The highest BCUT2D eigenvalue weighted by atomic mass is 32.2. The number of aliphatic hydroxyl groups is 1. The van der Waals surface area contributed by atoms with Crippen molar-refractivity contribution in [2.24, 2.45) is 17.8 Å². The number of hydrogen-bond donors (Lipinski definition) is 3. The first-order valence-electron chi connectivity index (χ1n) is 13.3. The van der Waals surface area contributed by atoms with E-state index in [0.29, 0.717) is 18.7 Å². The molecular weight excluding hydrogens is 490 g/mol. The van der Waals surface area contributed by atoms with E-state index < -0.39 is 39.0 Å². The van der Waals surface area contributed by atoms with Crippen LogP contribution in [0, 0.1) is 17.8 Å². The van der Waals surface area contributed by atoms with Crippen LogP contribution in [0.2, 0.25) is 0 Å². The van der Waals surface area contributed by atoms with Gasteiger partial charge in [0.05, 0.1) is 35.8 Å². The van der Waals surface area contributed by atoms with Gasteiger partial charge in [-0.05, 0) is 77.6 Å². The van der Waals surface area contributed by atoms with Crippen molar-refractivity contribution in [2.45, 2.75) is 88.4 Å². The van der Waals surface area contributed by atoms with Gasteiger partial charge in [-0.2, -0.15) is 0 Å². The van der Waals surface area contributed by atoms with E-state index in [1.165, 1.54) is 0 Å². The van der Waals surface area contributed by atoms with Gasteiger partial charge in [0.15, 0.2) is 0 Å². The SMILES string of the molecule is CCOc1ccc(NC(=O)[C@H]2[C@H]3C(=O)N([C@@H](CO)C(C)C)C(C(=O)NC(C)(C)C)C34CC[C@]2(C)S4)cc1. The molecule has 0 aliphatic carbocycles. The molecule has 3 amide bonds. The average Bonchev–Trinajstić information content (AvgIpc) is 3.35. The first-order chi connectivity index (χ1) is 17.3. The minimum Gasteiger partial charge on any atom is -0.494 e. The van der Waals surface area contributed by atoms with E-state index in [1.807, 2.05) is 53.7 Å². The van der Waals surface area contributed by atoms with Gasteiger partial charge in [0.1, 0.15) is 11.8 Å². The number of hydrogen-bond acceptors (Lipinski definition) is 6. The molecule has 8 nitrogen and oxygen atoms in total.